The summed E-state index contributed by atoms with van der Waals surface area (Å²) in [6.45, 7) is 5.44. The van der Waals surface area contributed by atoms with Gasteiger partial charge in [-0.3, -0.25) is 0 Å². The number of nitrogens with zero attached hydrogens (tertiary/aromatic N) is 1. The second-order valence-electron chi connectivity index (χ2n) is 4.34. The maximum atomic E-state index is 12.1. The lowest BCUT2D eigenvalue weighted by Gasteiger charge is -2.10. The molecule has 104 valence electrons. The van der Waals surface area contributed by atoms with Crippen molar-refractivity contribution in [3.05, 3.63) is 35.7 Å². The van der Waals surface area contributed by atoms with Gasteiger partial charge in [0.25, 0.3) is 10.0 Å². The molecular formula is C12H17N3O3S. The maximum Gasteiger partial charge on any atom is 0.258 e. The Labute approximate surface area is 112 Å². The molecule has 0 spiro atoms. The summed E-state index contributed by atoms with van der Waals surface area (Å²) >= 11 is 0. The van der Waals surface area contributed by atoms with Gasteiger partial charge in [-0.05, 0) is 26.0 Å². The largest absolute Gasteiger partial charge is 0.465 e. The van der Waals surface area contributed by atoms with E-state index in [4.69, 9.17) is 4.42 Å². The number of aromatic amines is 1. The van der Waals surface area contributed by atoms with Crippen molar-refractivity contribution in [3.8, 4) is 0 Å². The zero-order chi connectivity index (χ0) is 14.0. The fourth-order valence-electron chi connectivity index (χ4n) is 1.70. The number of hydrogen-bond donors (Lipinski definition) is 2. The molecule has 2 aromatic heterocycles. The summed E-state index contributed by atoms with van der Waals surface area (Å²) in [4.78, 5) is 6.76. The normalized spacial score (nSPS) is 13.6. The predicted octanol–water partition coefficient (Wildman–Crippen LogP) is 1.91. The Morgan fingerprint density at radius 3 is 2.74 bits per heavy atom. The van der Waals surface area contributed by atoms with Crippen LogP contribution < -0.4 is 4.72 Å². The summed E-state index contributed by atoms with van der Waals surface area (Å²) in [7, 11) is -3.62. The molecule has 0 aliphatic carbocycles. The Morgan fingerprint density at radius 1 is 1.47 bits per heavy atom. The molecule has 0 amide bonds. The van der Waals surface area contributed by atoms with Gasteiger partial charge in [0, 0.05) is 6.42 Å². The number of furan rings is 1. The van der Waals surface area contributed by atoms with Gasteiger partial charge in [-0.25, -0.2) is 13.4 Å². The molecule has 0 fully saturated rings. The van der Waals surface area contributed by atoms with Crippen molar-refractivity contribution in [2.24, 2.45) is 0 Å². The lowest BCUT2D eigenvalue weighted by molar-refractivity contribution is 0.441. The summed E-state index contributed by atoms with van der Waals surface area (Å²) in [5.74, 6) is 1.97. The van der Waals surface area contributed by atoms with E-state index in [1.165, 1.54) is 6.20 Å². The van der Waals surface area contributed by atoms with E-state index in [0.29, 0.717) is 18.0 Å². The number of nitrogens with one attached hydrogen (secondary N) is 2. The maximum absolute atomic E-state index is 12.1. The van der Waals surface area contributed by atoms with Gasteiger partial charge >= 0.3 is 0 Å². The molecule has 2 heterocycles. The summed E-state index contributed by atoms with van der Waals surface area (Å²) in [6, 6.07) is 3.12. The van der Waals surface area contributed by atoms with Gasteiger partial charge in [-0.15, -0.1) is 0 Å². The monoisotopic (exact) mass is 283 g/mol. The highest BCUT2D eigenvalue weighted by Crippen LogP contribution is 2.18. The van der Waals surface area contributed by atoms with E-state index in [1.54, 1.807) is 19.1 Å². The third-order valence-electron chi connectivity index (χ3n) is 2.75. The molecule has 1 atom stereocenters. The van der Waals surface area contributed by atoms with Gasteiger partial charge in [-0.1, -0.05) is 6.92 Å². The van der Waals surface area contributed by atoms with Crippen LogP contribution in [0.1, 0.15) is 37.2 Å². The third kappa shape index (κ3) is 3.05. The number of imidazole rings is 1. The summed E-state index contributed by atoms with van der Waals surface area (Å²) in [5.41, 5.74) is 0. The fraction of sp³-hybridized carbons (Fsp3) is 0.417. The number of hydrogen-bond acceptors (Lipinski definition) is 4. The van der Waals surface area contributed by atoms with Crippen molar-refractivity contribution in [3.63, 3.8) is 0 Å². The zero-order valence-electron chi connectivity index (χ0n) is 11.1. The van der Waals surface area contributed by atoms with Crippen LogP contribution >= 0.6 is 0 Å². The number of rotatable bonds is 5. The fourth-order valence-corrected chi connectivity index (χ4v) is 2.85. The highest BCUT2D eigenvalue weighted by atomic mass is 32.2. The molecule has 2 rings (SSSR count). The predicted molar refractivity (Wildman–Crippen MR) is 70.1 cm³/mol. The van der Waals surface area contributed by atoms with Crippen molar-refractivity contribution in [2.75, 3.05) is 0 Å². The molecule has 0 aliphatic rings. The standard InChI is InChI=1S/C12H17N3O3S/c1-4-11-13-7-12(14-11)19(16,17)15-9(3)10-6-5-8(2)18-10/h5-7,9,15H,4H2,1-3H3,(H,13,14). The average Bonchev–Trinajstić information content (AvgIpc) is 2.96. The van der Waals surface area contributed by atoms with E-state index in [2.05, 4.69) is 14.7 Å². The molecule has 1 unspecified atom stereocenters. The van der Waals surface area contributed by atoms with E-state index in [-0.39, 0.29) is 5.03 Å². The molecule has 6 nitrogen and oxygen atoms in total. The van der Waals surface area contributed by atoms with Gasteiger partial charge in [-0.2, -0.15) is 4.72 Å². The van der Waals surface area contributed by atoms with Crippen molar-refractivity contribution >= 4 is 10.0 Å². The van der Waals surface area contributed by atoms with Crippen molar-refractivity contribution in [1.29, 1.82) is 0 Å². The first-order chi connectivity index (χ1) is 8.92. The molecule has 19 heavy (non-hydrogen) atoms. The van der Waals surface area contributed by atoms with Crippen molar-refractivity contribution < 1.29 is 12.8 Å². The Kier molecular flexibility index (Phi) is 3.77. The van der Waals surface area contributed by atoms with Gasteiger partial charge in [0.2, 0.25) is 0 Å². The number of sulfonamides is 1. The van der Waals surface area contributed by atoms with Crippen LogP contribution in [0, 0.1) is 6.92 Å². The van der Waals surface area contributed by atoms with Crippen LogP contribution in [-0.2, 0) is 16.4 Å². The van der Waals surface area contributed by atoms with Crippen molar-refractivity contribution in [2.45, 2.75) is 38.3 Å². The van der Waals surface area contributed by atoms with Crippen LogP contribution in [-0.4, -0.2) is 18.4 Å². The van der Waals surface area contributed by atoms with E-state index >= 15 is 0 Å². The first kappa shape index (κ1) is 13.8. The van der Waals surface area contributed by atoms with Gasteiger partial charge in [0.15, 0.2) is 5.03 Å². The van der Waals surface area contributed by atoms with E-state index < -0.39 is 16.1 Å². The molecule has 7 heteroatoms. The number of aromatic nitrogens is 2. The summed E-state index contributed by atoms with van der Waals surface area (Å²) < 4.78 is 32.2. The zero-order valence-corrected chi connectivity index (χ0v) is 11.9. The van der Waals surface area contributed by atoms with Gasteiger partial charge in [0.05, 0.1) is 12.2 Å². The van der Waals surface area contributed by atoms with Crippen LogP contribution in [0.15, 0.2) is 27.8 Å². The lowest BCUT2D eigenvalue weighted by atomic mass is 10.3. The molecule has 0 radical (unpaired) electrons. The molecule has 2 aromatic rings. The number of aryl methyl sites for hydroxylation is 2. The van der Waals surface area contributed by atoms with Crippen LogP contribution in [0.3, 0.4) is 0 Å². The minimum Gasteiger partial charge on any atom is -0.465 e. The van der Waals surface area contributed by atoms with Crippen molar-refractivity contribution in [1.82, 2.24) is 14.7 Å². The minimum atomic E-state index is -3.62. The molecule has 0 aliphatic heterocycles. The molecule has 0 saturated carbocycles. The SMILES string of the molecule is CCc1ncc(S(=O)(=O)NC(C)c2ccc(C)o2)[nH]1. The minimum absolute atomic E-state index is 0.0690. The second-order valence-corrected chi connectivity index (χ2v) is 6.02. The van der Waals surface area contributed by atoms with E-state index in [1.807, 2.05) is 13.8 Å². The Morgan fingerprint density at radius 2 is 2.21 bits per heavy atom. The molecular weight excluding hydrogens is 266 g/mol. The highest BCUT2D eigenvalue weighted by Gasteiger charge is 2.22. The van der Waals surface area contributed by atoms with E-state index in [0.717, 1.165) is 5.76 Å². The van der Waals surface area contributed by atoms with Crippen LogP contribution in [0.25, 0.3) is 0 Å². The van der Waals surface area contributed by atoms with Gasteiger partial charge < -0.3 is 9.40 Å². The molecule has 0 bridgehead atoms. The highest BCUT2D eigenvalue weighted by molar-refractivity contribution is 7.89. The Bertz CT molecular complexity index is 657. The van der Waals surface area contributed by atoms with E-state index in [9.17, 15) is 8.42 Å². The summed E-state index contributed by atoms with van der Waals surface area (Å²) in [5, 5.41) is 0.0690. The first-order valence-electron chi connectivity index (χ1n) is 6.05. The molecule has 2 N–H and O–H groups in total. The van der Waals surface area contributed by atoms with Crippen LogP contribution in [0.2, 0.25) is 0 Å². The Hall–Kier alpha value is -1.60. The topological polar surface area (TPSA) is 88.0 Å². The first-order valence-corrected chi connectivity index (χ1v) is 7.53. The third-order valence-corrected chi connectivity index (χ3v) is 4.20. The smallest absolute Gasteiger partial charge is 0.258 e. The lowest BCUT2D eigenvalue weighted by Crippen LogP contribution is -2.27. The average molecular weight is 283 g/mol. The number of H-pyrrole nitrogens is 1. The second kappa shape index (κ2) is 5.18. The summed E-state index contributed by atoms with van der Waals surface area (Å²) in [6.07, 6.45) is 1.98. The van der Waals surface area contributed by atoms with Crippen LogP contribution in [0.4, 0.5) is 0 Å². The van der Waals surface area contributed by atoms with Gasteiger partial charge in [0.1, 0.15) is 17.3 Å². The molecule has 0 saturated heterocycles. The Balaban J connectivity index is 2.17. The van der Waals surface area contributed by atoms with Crippen LogP contribution in [0.5, 0.6) is 0 Å². The molecule has 0 aromatic carbocycles. The quantitative estimate of drug-likeness (QED) is 0.877.